The molecular weight excluding hydrogens is 304 g/mol. The minimum Gasteiger partial charge on any atom is -0.334 e. The van der Waals surface area contributed by atoms with E-state index in [4.69, 9.17) is 17.3 Å². The van der Waals surface area contributed by atoms with Gasteiger partial charge in [-0.05, 0) is 47.0 Å². The minimum atomic E-state index is 0.0292. The molecule has 0 unspecified atom stereocenters. The van der Waals surface area contributed by atoms with Crippen molar-refractivity contribution in [2.24, 2.45) is 5.73 Å². The number of hydrogen-bond acceptors (Lipinski definition) is 2. The minimum absolute atomic E-state index is 0.0292. The van der Waals surface area contributed by atoms with Gasteiger partial charge in [0, 0.05) is 28.6 Å². The summed E-state index contributed by atoms with van der Waals surface area (Å²) in [5, 5.41) is 0.616. The molecule has 5 heteroatoms. The van der Waals surface area contributed by atoms with Crippen LogP contribution in [0.25, 0.3) is 0 Å². The van der Waals surface area contributed by atoms with Crippen LogP contribution in [0.4, 0.5) is 0 Å². The lowest BCUT2D eigenvalue weighted by Gasteiger charge is -2.24. The molecule has 3 nitrogen and oxygen atoms in total. The third kappa shape index (κ3) is 2.64. The van der Waals surface area contributed by atoms with Gasteiger partial charge in [0.2, 0.25) is 0 Å². The van der Waals surface area contributed by atoms with E-state index in [1.807, 2.05) is 4.90 Å². The van der Waals surface area contributed by atoms with Gasteiger partial charge in [-0.2, -0.15) is 0 Å². The molecule has 1 heterocycles. The molecule has 0 radical (unpaired) electrons. The summed E-state index contributed by atoms with van der Waals surface area (Å²) in [5.41, 5.74) is 6.32. The summed E-state index contributed by atoms with van der Waals surface area (Å²) < 4.78 is 0.734. The molecule has 1 amide bonds. The van der Waals surface area contributed by atoms with E-state index < -0.39 is 0 Å². The fourth-order valence-electron chi connectivity index (χ4n) is 2.17. The Labute approximate surface area is 114 Å². The number of amides is 1. The van der Waals surface area contributed by atoms with E-state index in [1.54, 1.807) is 18.2 Å². The zero-order valence-electron chi connectivity index (χ0n) is 9.33. The molecular formula is C12H14BrClN2O. The van der Waals surface area contributed by atoms with Gasteiger partial charge in [0.25, 0.3) is 5.91 Å². The molecule has 0 aromatic heterocycles. The third-order valence-electron chi connectivity index (χ3n) is 3.07. The van der Waals surface area contributed by atoms with Crippen LogP contribution in [0.5, 0.6) is 0 Å². The Kier molecular flexibility index (Phi) is 4.07. The van der Waals surface area contributed by atoms with Crippen LogP contribution in [-0.4, -0.2) is 29.9 Å². The molecule has 1 aliphatic rings. The fraction of sp³-hybridized carbons (Fsp3) is 0.417. The number of carbonyl (C=O) groups excluding carboxylic acids is 1. The van der Waals surface area contributed by atoms with Gasteiger partial charge in [-0.1, -0.05) is 11.6 Å². The first-order valence-electron chi connectivity index (χ1n) is 5.59. The molecule has 0 spiro atoms. The third-order valence-corrected chi connectivity index (χ3v) is 3.96. The lowest BCUT2D eigenvalue weighted by atomic mass is 10.1. The normalized spacial score (nSPS) is 19.7. The van der Waals surface area contributed by atoms with Crippen molar-refractivity contribution in [3.8, 4) is 0 Å². The highest BCUT2D eigenvalue weighted by Crippen LogP contribution is 2.26. The zero-order valence-corrected chi connectivity index (χ0v) is 11.7. The number of nitrogens with zero attached hydrogens (tertiary/aromatic N) is 1. The molecule has 1 fully saturated rings. The average molecular weight is 318 g/mol. The van der Waals surface area contributed by atoms with Gasteiger partial charge in [0.1, 0.15) is 0 Å². The molecule has 2 N–H and O–H groups in total. The zero-order chi connectivity index (χ0) is 12.4. The summed E-state index contributed by atoms with van der Waals surface area (Å²) in [5.74, 6) is 0.0292. The SMILES string of the molecule is NC[C@@H]1CCCN1C(=O)c1ccc(Cl)cc1Br. The quantitative estimate of drug-likeness (QED) is 0.911. The molecule has 1 aliphatic heterocycles. The van der Waals surface area contributed by atoms with Gasteiger partial charge < -0.3 is 10.6 Å². The van der Waals surface area contributed by atoms with Gasteiger partial charge in [0.05, 0.1) is 5.56 Å². The van der Waals surface area contributed by atoms with E-state index in [0.29, 0.717) is 17.1 Å². The second-order valence-corrected chi connectivity index (χ2v) is 5.45. The van der Waals surface area contributed by atoms with Crippen LogP contribution in [0.15, 0.2) is 22.7 Å². The largest absolute Gasteiger partial charge is 0.334 e. The maximum Gasteiger partial charge on any atom is 0.255 e. The van der Waals surface area contributed by atoms with Gasteiger partial charge in [-0.25, -0.2) is 0 Å². The predicted molar refractivity (Wildman–Crippen MR) is 72.3 cm³/mol. The van der Waals surface area contributed by atoms with Crippen LogP contribution in [0, 0.1) is 0 Å². The summed E-state index contributed by atoms with van der Waals surface area (Å²) in [7, 11) is 0. The maximum atomic E-state index is 12.3. The van der Waals surface area contributed by atoms with E-state index in [-0.39, 0.29) is 11.9 Å². The molecule has 1 atom stereocenters. The summed E-state index contributed by atoms with van der Waals surface area (Å²) in [6, 6.07) is 5.39. The Morgan fingerprint density at radius 3 is 3.00 bits per heavy atom. The van der Waals surface area contributed by atoms with E-state index in [2.05, 4.69) is 15.9 Å². The van der Waals surface area contributed by atoms with E-state index >= 15 is 0 Å². The maximum absolute atomic E-state index is 12.3. The Morgan fingerprint density at radius 2 is 2.35 bits per heavy atom. The first-order chi connectivity index (χ1) is 8.13. The monoisotopic (exact) mass is 316 g/mol. The molecule has 17 heavy (non-hydrogen) atoms. The van der Waals surface area contributed by atoms with Crippen molar-refractivity contribution in [1.29, 1.82) is 0 Å². The van der Waals surface area contributed by atoms with Crippen molar-refractivity contribution in [3.63, 3.8) is 0 Å². The summed E-state index contributed by atoms with van der Waals surface area (Å²) >= 11 is 9.24. The summed E-state index contributed by atoms with van der Waals surface area (Å²) in [6.07, 6.45) is 2.02. The summed E-state index contributed by atoms with van der Waals surface area (Å²) in [6.45, 7) is 1.31. The molecule has 2 rings (SSSR count). The number of carbonyl (C=O) groups is 1. The molecule has 0 saturated carbocycles. The Bertz CT molecular complexity index is 439. The highest BCUT2D eigenvalue weighted by molar-refractivity contribution is 9.10. The van der Waals surface area contributed by atoms with E-state index in [9.17, 15) is 4.79 Å². The number of nitrogens with two attached hydrogens (primary N) is 1. The van der Waals surface area contributed by atoms with E-state index in [1.165, 1.54) is 0 Å². The van der Waals surface area contributed by atoms with Gasteiger partial charge in [0.15, 0.2) is 0 Å². The molecule has 1 aromatic carbocycles. The van der Waals surface area contributed by atoms with Crippen molar-refractivity contribution in [2.75, 3.05) is 13.1 Å². The number of hydrogen-bond donors (Lipinski definition) is 1. The predicted octanol–water partition coefficient (Wildman–Crippen LogP) is 2.67. The Hall–Kier alpha value is -0.580. The van der Waals surface area contributed by atoms with Gasteiger partial charge in [-0.15, -0.1) is 0 Å². The Morgan fingerprint density at radius 1 is 1.59 bits per heavy atom. The molecule has 1 aromatic rings. The summed E-state index contributed by atoms with van der Waals surface area (Å²) in [4.78, 5) is 14.2. The van der Waals surface area contributed by atoms with Crippen molar-refractivity contribution < 1.29 is 4.79 Å². The van der Waals surface area contributed by atoms with Crippen LogP contribution in [-0.2, 0) is 0 Å². The fourth-order valence-corrected chi connectivity index (χ4v) is 3.02. The van der Waals surface area contributed by atoms with Crippen molar-refractivity contribution in [1.82, 2.24) is 4.90 Å². The second-order valence-electron chi connectivity index (χ2n) is 4.15. The van der Waals surface area contributed by atoms with Gasteiger partial charge >= 0.3 is 0 Å². The number of likely N-dealkylation sites (tertiary alicyclic amines) is 1. The molecule has 0 aliphatic carbocycles. The first-order valence-corrected chi connectivity index (χ1v) is 6.76. The highest BCUT2D eigenvalue weighted by atomic mass is 79.9. The Balaban J connectivity index is 2.24. The van der Waals surface area contributed by atoms with Crippen LogP contribution in [0.1, 0.15) is 23.2 Å². The second kappa shape index (κ2) is 5.38. The van der Waals surface area contributed by atoms with Crippen molar-refractivity contribution in [2.45, 2.75) is 18.9 Å². The molecule has 0 bridgehead atoms. The van der Waals surface area contributed by atoms with Crippen LogP contribution >= 0.6 is 27.5 Å². The van der Waals surface area contributed by atoms with Crippen LogP contribution in [0.3, 0.4) is 0 Å². The lowest BCUT2D eigenvalue weighted by molar-refractivity contribution is 0.0740. The van der Waals surface area contributed by atoms with Crippen molar-refractivity contribution >= 4 is 33.4 Å². The average Bonchev–Trinajstić information content (AvgIpc) is 2.76. The molecule has 92 valence electrons. The van der Waals surface area contributed by atoms with E-state index in [0.717, 1.165) is 23.9 Å². The molecule has 1 saturated heterocycles. The highest BCUT2D eigenvalue weighted by Gasteiger charge is 2.29. The number of benzene rings is 1. The smallest absolute Gasteiger partial charge is 0.255 e. The van der Waals surface area contributed by atoms with Crippen molar-refractivity contribution in [3.05, 3.63) is 33.3 Å². The first kappa shape index (κ1) is 12.9. The standard InChI is InChI=1S/C12H14BrClN2O/c13-11-6-8(14)3-4-10(11)12(17)16-5-1-2-9(16)7-15/h3-4,6,9H,1-2,5,7,15H2/t9-/m0/s1. The number of rotatable bonds is 2. The van der Waals surface area contributed by atoms with Crippen LogP contribution < -0.4 is 5.73 Å². The topological polar surface area (TPSA) is 46.3 Å². The lowest BCUT2D eigenvalue weighted by Crippen LogP contribution is -2.40. The number of halogens is 2. The van der Waals surface area contributed by atoms with Gasteiger partial charge in [-0.3, -0.25) is 4.79 Å². The van der Waals surface area contributed by atoms with Crippen LogP contribution in [0.2, 0.25) is 5.02 Å².